The van der Waals surface area contributed by atoms with Crippen LogP contribution in [0.1, 0.15) is 59.8 Å². The number of Topliss-reactive ketones (excluding diaryl/α,β-unsaturated/α-hetero) is 1. The molecule has 0 aromatic carbocycles. The second-order valence-electron chi connectivity index (χ2n) is 8.51. The maximum Gasteiger partial charge on any atom is 0.232 e. The van der Waals surface area contributed by atoms with E-state index in [4.69, 9.17) is 0 Å². The zero-order chi connectivity index (χ0) is 20.2. The number of aliphatic hydroxyl groups is 1. The van der Waals surface area contributed by atoms with Gasteiger partial charge >= 0.3 is 0 Å². The van der Waals surface area contributed by atoms with Gasteiger partial charge in [0, 0.05) is 19.5 Å². The van der Waals surface area contributed by atoms with Crippen molar-refractivity contribution in [3.63, 3.8) is 0 Å². The standard InChI is InChI=1S/C22H35NO3S/c1-15-12-16(2)20(17(3)13-15)21-18(24)8-6-10-23(19(25)14-27-5)11-7-9-22(21,4)26/h12,17,21,26H,6-11,13-14H2,1-5H3. The largest absolute Gasteiger partial charge is 0.389 e. The highest BCUT2D eigenvalue weighted by Crippen LogP contribution is 2.41. The fourth-order valence-electron chi connectivity index (χ4n) is 4.80. The molecule has 0 radical (unpaired) electrons. The Morgan fingerprint density at radius 3 is 2.63 bits per heavy atom. The molecule has 1 saturated heterocycles. The lowest BCUT2D eigenvalue weighted by Gasteiger charge is -2.39. The lowest BCUT2D eigenvalue weighted by molar-refractivity contribution is -0.133. The maximum atomic E-state index is 13.2. The van der Waals surface area contributed by atoms with Gasteiger partial charge in [0.15, 0.2) is 0 Å². The van der Waals surface area contributed by atoms with Crippen LogP contribution in [0.15, 0.2) is 22.8 Å². The number of rotatable bonds is 3. The van der Waals surface area contributed by atoms with E-state index in [1.165, 1.54) is 17.3 Å². The van der Waals surface area contributed by atoms with Crippen LogP contribution in [-0.4, -0.2) is 52.4 Å². The highest BCUT2D eigenvalue weighted by Gasteiger charge is 2.42. The summed E-state index contributed by atoms with van der Waals surface area (Å²) in [6, 6.07) is 0. The minimum absolute atomic E-state index is 0.119. The molecule has 27 heavy (non-hydrogen) atoms. The normalized spacial score (nSPS) is 31.0. The molecule has 1 fully saturated rings. The number of amides is 1. The summed E-state index contributed by atoms with van der Waals surface area (Å²) in [5.74, 6) is 0.561. The molecule has 1 aliphatic heterocycles. The zero-order valence-corrected chi connectivity index (χ0v) is 18.3. The zero-order valence-electron chi connectivity index (χ0n) is 17.5. The minimum Gasteiger partial charge on any atom is -0.389 e. The van der Waals surface area contributed by atoms with E-state index >= 15 is 0 Å². The van der Waals surface area contributed by atoms with Gasteiger partial charge in [-0.15, -0.1) is 0 Å². The van der Waals surface area contributed by atoms with Crippen LogP contribution in [0.25, 0.3) is 0 Å². The van der Waals surface area contributed by atoms with Gasteiger partial charge in [0.1, 0.15) is 5.78 Å². The fourth-order valence-corrected chi connectivity index (χ4v) is 5.23. The molecule has 1 aliphatic carbocycles. The molecule has 1 heterocycles. The summed E-state index contributed by atoms with van der Waals surface area (Å²) >= 11 is 1.53. The second kappa shape index (κ2) is 9.42. The molecule has 1 amide bonds. The number of carbonyl (C=O) groups excluding carboxylic acids is 2. The summed E-state index contributed by atoms with van der Waals surface area (Å²) in [6.07, 6.45) is 7.36. The number of allylic oxidation sites excluding steroid dienone is 3. The van der Waals surface area contributed by atoms with Gasteiger partial charge in [0.05, 0.1) is 17.3 Å². The number of hydrogen-bond donors (Lipinski definition) is 1. The van der Waals surface area contributed by atoms with Crippen molar-refractivity contribution >= 4 is 23.5 Å². The number of carbonyl (C=O) groups is 2. The first-order valence-corrected chi connectivity index (χ1v) is 11.5. The summed E-state index contributed by atoms with van der Waals surface area (Å²) in [4.78, 5) is 27.3. The average Bonchev–Trinajstić information content (AvgIpc) is 2.55. The molecule has 0 aromatic heterocycles. The van der Waals surface area contributed by atoms with E-state index in [-0.39, 0.29) is 17.6 Å². The van der Waals surface area contributed by atoms with Crippen molar-refractivity contribution in [3.05, 3.63) is 22.8 Å². The highest BCUT2D eigenvalue weighted by atomic mass is 32.2. The van der Waals surface area contributed by atoms with E-state index in [9.17, 15) is 14.7 Å². The number of nitrogens with zero attached hydrogens (tertiary/aromatic N) is 1. The van der Waals surface area contributed by atoms with Gasteiger partial charge in [-0.25, -0.2) is 0 Å². The van der Waals surface area contributed by atoms with Crippen molar-refractivity contribution in [3.8, 4) is 0 Å². The van der Waals surface area contributed by atoms with E-state index in [1.807, 2.05) is 18.1 Å². The molecule has 1 N–H and O–H groups in total. The van der Waals surface area contributed by atoms with Gasteiger partial charge in [-0.3, -0.25) is 9.59 Å². The first-order valence-electron chi connectivity index (χ1n) is 10.1. The lowest BCUT2D eigenvalue weighted by atomic mass is 9.68. The Morgan fingerprint density at radius 1 is 1.33 bits per heavy atom. The van der Waals surface area contributed by atoms with E-state index < -0.39 is 11.5 Å². The van der Waals surface area contributed by atoms with Gasteiger partial charge in [-0.1, -0.05) is 29.7 Å². The number of ketones is 1. The third kappa shape index (κ3) is 5.47. The first kappa shape index (κ1) is 22.2. The fraction of sp³-hybridized carbons (Fsp3) is 0.727. The molecule has 2 rings (SSSR count). The molecule has 152 valence electrons. The average molecular weight is 394 g/mol. The van der Waals surface area contributed by atoms with Crippen molar-refractivity contribution in [2.75, 3.05) is 25.1 Å². The highest BCUT2D eigenvalue weighted by molar-refractivity contribution is 7.99. The number of hydrogen-bond acceptors (Lipinski definition) is 4. The Balaban J connectivity index is 2.27. The smallest absolute Gasteiger partial charge is 0.232 e. The van der Waals surface area contributed by atoms with Crippen LogP contribution in [0.3, 0.4) is 0 Å². The van der Waals surface area contributed by atoms with Crippen LogP contribution < -0.4 is 0 Å². The summed E-state index contributed by atoms with van der Waals surface area (Å²) < 4.78 is 0. The van der Waals surface area contributed by atoms with Crippen molar-refractivity contribution in [1.29, 1.82) is 0 Å². The Kier molecular flexibility index (Phi) is 7.75. The van der Waals surface area contributed by atoms with Crippen molar-refractivity contribution < 1.29 is 14.7 Å². The third-order valence-corrected chi connectivity index (χ3v) is 6.45. The first-order chi connectivity index (χ1) is 12.7. The molecule has 3 unspecified atom stereocenters. The molecule has 0 saturated carbocycles. The monoisotopic (exact) mass is 393 g/mol. The summed E-state index contributed by atoms with van der Waals surface area (Å²) in [5.41, 5.74) is 2.51. The van der Waals surface area contributed by atoms with E-state index in [1.54, 1.807) is 0 Å². The minimum atomic E-state index is -1.08. The van der Waals surface area contributed by atoms with Crippen LogP contribution in [-0.2, 0) is 9.59 Å². The van der Waals surface area contributed by atoms with Gasteiger partial charge in [-0.05, 0) is 58.6 Å². The molecule has 2 aliphatic rings. The van der Waals surface area contributed by atoms with Crippen LogP contribution >= 0.6 is 11.8 Å². The molecule has 5 heteroatoms. The Morgan fingerprint density at radius 2 is 2.00 bits per heavy atom. The molecule has 3 atom stereocenters. The second-order valence-corrected chi connectivity index (χ2v) is 9.38. The maximum absolute atomic E-state index is 13.2. The van der Waals surface area contributed by atoms with Crippen LogP contribution in [0, 0.1) is 11.8 Å². The van der Waals surface area contributed by atoms with E-state index in [0.29, 0.717) is 44.5 Å². The van der Waals surface area contributed by atoms with Crippen molar-refractivity contribution in [2.24, 2.45) is 11.8 Å². The third-order valence-electron chi connectivity index (χ3n) is 5.91. The SMILES string of the molecule is CSCC(=O)N1CCCC(=O)C(C2=C(C)C=C(C)CC2C)C(C)(O)CCC1. The van der Waals surface area contributed by atoms with Crippen LogP contribution in [0.2, 0.25) is 0 Å². The van der Waals surface area contributed by atoms with Crippen LogP contribution in [0.5, 0.6) is 0 Å². The summed E-state index contributed by atoms with van der Waals surface area (Å²) in [6.45, 7) is 9.46. The summed E-state index contributed by atoms with van der Waals surface area (Å²) in [7, 11) is 0. The van der Waals surface area contributed by atoms with Gasteiger partial charge in [-0.2, -0.15) is 11.8 Å². The van der Waals surface area contributed by atoms with Gasteiger partial charge < -0.3 is 10.0 Å². The topological polar surface area (TPSA) is 57.6 Å². The quantitative estimate of drug-likeness (QED) is 0.788. The summed E-state index contributed by atoms with van der Waals surface area (Å²) in [5, 5.41) is 11.3. The molecular weight excluding hydrogens is 358 g/mol. The molecular formula is C22H35NO3S. The molecule has 0 bridgehead atoms. The Bertz CT molecular complexity index is 635. The molecule has 4 nitrogen and oxygen atoms in total. The number of thioether (sulfide) groups is 1. The van der Waals surface area contributed by atoms with Crippen molar-refractivity contribution in [2.45, 2.75) is 65.4 Å². The molecule has 0 spiro atoms. The van der Waals surface area contributed by atoms with Crippen LogP contribution in [0.4, 0.5) is 0 Å². The lowest BCUT2D eigenvalue weighted by Crippen LogP contribution is -2.45. The predicted molar refractivity (Wildman–Crippen MR) is 113 cm³/mol. The van der Waals surface area contributed by atoms with Gasteiger partial charge in [0.25, 0.3) is 0 Å². The van der Waals surface area contributed by atoms with E-state index in [0.717, 1.165) is 17.6 Å². The molecule has 0 aromatic rings. The predicted octanol–water partition coefficient (Wildman–Crippen LogP) is 3.99. The Hall–Kier alpha value is -1.07. The van der Waals surface area contributed by atoms with E-state index in [2.05, 4.69) is 26.8 Å². The van der Waals surface area contributed by atoms with Gasteiger partial charge in [0.2, 0.25) is 5.91 Å². The van der Waals surface area contributed by atoms with Crippen molar-refractivity contribution in [1.82, 2.24) is 4.90 Å². The Labute approximate surface area is 168 Å².